The molecule has 92 valence electrons. The van der Waals surface area contributed by atoms with Gasteiger partial charge in [0.25, 0.3) is 0 Å². The summed E-state index contributed by atoms with van der Waals surface area (Å²) in [6, 6.07) is 0. The number of hydrogen-bond acceptors (Lipinski definition) is 3. The molecule has 0 spiro atoms. The van der Waals surface area contributed by atoms with Crippen LogP contribution in [0, 0.1) is 0 Å². The van der Waals surface area contributed by atoms with Gasteiger partial charge in [-0.15, -0.1) is 22.9 Å². The van der Waals surface area contributed by atoms with Gasteiger partial charge in [-0.3, -0.25) is 0 Å². The monoisotopic (exact) mass is 261 g/mol. The zero-order valence-corrected chi connectivity index (χ0v) is 11.4. The van der Waals surface area contributed by atoms with Gasteiger partial charge in [0.05, 0.1) is 16.6 Å². The van der Waals surface area contributed by atoms with Crippen LogP contribution in [-0.4, -0.2) is 18.2 Å². The number of ether oxygens (including phenoxy) is 1. The normalized spacial score (nSPS) is 10.9. The van der Waals surface area contributed by atoms with Crippen LogP contribution in [-0.2, 0) is 17.0 Å². The highest BCUT2D eigenvalue weighted by atomic mass is 35.5. The topological polar surface area (TPSA) is 22.1 Å². The molecule has 1 aromatic heterocycles. The molecule has 1 heterocycles. The van der Waals surface area contributed by atoms with Crippen molar-refractivity contribution < 1.29 is 4.74 Å². The summed E-state index contributed by atoms with van der Waals surface area (Å²) in [5, 5.41) is 3.24. The van der Waals surface area contributed by atoms with Gasteiger partial charge < -0.3 is 4.74 Å². The molecule has 0 aliphatic heterocycles. The number of aromatic nitrogens is 1. The molecule has 2 nitrogen and oxygen atoms in total. The first-order valence-electron chi connectivity index (χ1n) is 5.93. The fraction of sp³-hybridized carbons (Fsp3) is 0.750. The highest BCUT2D eigenvalue weighted by Crippen LogP contribution is 2.14. The minimum absolute atomic E-state index is 0.524. The third-order valence-electron chi connectivity index (χ3n) is 2.31. The lowest BCUT2D eigenvalue weighted by Crippen LogP contribution is -1.97. The summed E-state index contributed by atoms with van der Waals surface area (Å²) >= 11 is 7.41. The third-order valence-corrected chi connectivity index (χ3v) is 3.54. The van der Waals surface area contributed by atoms with Crippen molar-refractivity contribution in [2.45, 2.75) is 44.9 Å². The number of nitrogens with zero attached hydrogens (tertiary/aromatic N) is 1. The van der Waals surface area contributed by atoms with E-state index in [1.807, 2.05) is 5.38 Å². The summed E-state index contributed by atoms with van der Waals surface area (Å²) < 4.78 is 5.50. The Bertz CT molecular complexity index is 278. The van der Waals surface area contributed by atoms with E-state index in [4.69, 9.17) is 16.3 Å². The van der Waals surface area contributed by atoms with Crippen LogP contribution in [0.4, 0.5) is 0 Å². The van der Waals surface area contributed by atoms with Crippen molar-refractivity contribution in [3.05, 3.63) is 16.1 Å². The first-order chi connectivity index (χ1) is 7.86. The Morgan fingerprint density at radius 2 is 2.12 bits per heavy atom. The van der Waals surface area contributed by atoms with Crippen molar-refractivity contribution in [3.8, 4) is 0 Å². The Labute approximate surface area is 107 Å². The molecule has 0 N–H and O–H groups in total. The fourth-order valence-electron chi connectivity index (χ4n) is 1.35. The van der Waals surface area contributed by atoms with Crippen molar-refractivity contribution in [2.75, 3.05) is 13.2 Å². The van der Waals surface area contributed by atoms with Gasteiger partial charge in [0.1, 0.15) is 0 Å². The molecule has 0 atom stereocenters. The highest BCUT2D eigenvalue weighted by molar-refractivity contribution is 7.09. The highest BCUT2D eigenvalue weighted by Gasteiger charge is 2.00. The standard InChI is InChI=1S/C12H20ClNOS/c1-2-3-7-15-8-5-4-6-12-14-11(9-13)10-16-12/h10H,2-9H2,1H3. The molecule has 4 heteroatoms. The SMILES string of the molecule is CCCCOCCCCc1nc(CCl)cs1. The van der Waals surface area contributed by atoms with E-state index in [0.29, 0.717) is 5.88 Å². The first kappa shape index (κ1) is 13.9. The van der Waals surface area contributed by atoms with Gasteiger partial charge in [0.15, 0.2) is 0 Å². The maximum absolute atomic E-state index is 5.70. The number of alkyl halides is 1. The molecule has 0 fully saturated rings. The van der Waals surface area contributed by atoms with E-state index in [1.165, 1.54) is 17.8 Å². The van der Waals surface area contributed by atoms with E-state index in [1.54, 1.807) is 11.3 Å². The summed E-state index contributed by atoms with van der Waals surface area (Å²) in [6.45, 7) is 3.97. The average molecular weight is 262 g/mol. The molecule has 0 radical (unpaired) electrons. The predicted octanol–water partition coefficient (Wildman–Crippen LogP) is 4.02. The quantitative estimate of drug-likeness (QED) is 0.495. The number of aryl methyl sites for hydroxylation is 1. The van der Waals surface area contributed by atoms with Crippen LogP contribution in [0.3, 0.4) is 0 Å². The Morgan fingerprint density at radius 3 is 2.81 bits per heavy atom. The smallest absolute Gasteiger partial charge is 0.0928 e. The second kappa shape index (κ2) is 8.97. The third kappa shape index (κ3) is 5.83. The molecule has 0 saturated carbocycles. The van der Waals surface area contributed by atoms with Crippen LogP contribution in [0.2, 0.25) is 0 Å². The van der Waals surface area contributed by atoms with Crippen LogP contribution < -0.4 is 0 Å². The Hall–Kier alpha value is -0.120. The lowest BCUT2D eigenvalue weighted by atomic mass is 10.2. The number of hydrogen-bond donors (Lipinski definition) is 0. The largest absolute Gasteiger partial charge is 0.381 e. The molecule has 0 aromatic carbocycles. The average Bonchev–Trinajstić information content (AvgIpc) is 2.76. The molecule has 16 heavy (non-hydrogen) atoms. The molecule has 1 rings (SSSR count). The fourth-order valence-corrected chi connectivity index (χ4v) is 2.42. The summed E-state index contributed by atoms with van der Waals surface area (Å²) in [5.74, 6) is 0.524. The first-order valence-corrected chi connectivity index (χ1v) is 7.35. The van der Waals surface area contributed by atoms with Gasteiger partial charge in [0.2, 0.25) is 0 Å². The zero-order valence-electron chi connectivity index (χ0n) is 9.88. The van der Waals surface area contributed by atoms with Crippen LogP contribution in [0.25, 0.3) is 0 Å². The zero-order chi connectivity index (χ0) is 11.6. The number of halogens is 1. The maximum atomic E-state index is 5.70. The van der Waals surface area contributed by atoms with Gasteiger partial charge in [-0.2, -0.15) is 0 Å². The molecule has 0 amide bonds. The van der Waals surface area contributed by atoms with E-state index < -0.39 is 0 Å². The molecular weight excluding hydrogens is 242 g/mol. The van der Waals surface area contributed by atoms with E-state index >= 15 is 0 Å². The van der Waals surface area contributed by atoms with Gasteiger partial charge in [-0.25, -0.2) is 4.98 Å². The lowest BCUT2D eigenvalue weighted by Gasteiger charge is -2.01. The Kier molecular flexibility index (Phi) is 7.81. The minimum Gasteiger partial charge on any atom is -0.381 e. The maximum Gasteiger partial charge on any atom is 0.0928 e. The molecule has 1 aromatic rings. The van der Waals surface area contributed by atoms with E-state index in [9.17, 15) is 0 Å². The Morgan fingerprint density at radius 1 is 1.31 bits per heavy atom. The molecule has 0 aliphatic rings. The van der Waals surface area contributed by atoms with Crippen molar-refractivity contribution >= 4 is 22.9 Å². The van der Waals surface area contributed by atoms with Crippen molar-refractivity contribution in [3.63, 3.8) is 0 Å². The van der Waals surface area contributed by atoms with Crippen LogP contribution >= 0.6 is 22.9 Å². The summed E-state index contributed by atoms with van der Waals surface area (Å²) in [5.41, 5.74) is 1.00. The lowest BCUT2D eigenvalue weighted by molar-refractivity contribution is 0.127. The van der Waals surface area contributed by atoms with Gasteiger partial charge in [-0.1, -0.05) is 13.3 Å². The van der Waals surface area contributed by atoms with E-state index in [-0.39, 0.29) is 0 Å². The number of rotatable bonds is 9. The second-order valence-electron chi connectivity index (χ2n) is 3.79. The van der Waals surface area contributed by atoms with Crippen LogP contribution in [0.15, 0.2) is 5.38 Å². The molecule has 0 bridgehead atoms. The predicted molar refractivity (Wildman–Crippen MR) is 70.3 cm³/mol. The van der Waals surface area contributed by atoms with Crippen molar-refractivity contribution in [1.82, 2.24) is 4.98 Å². The second-order valence-corrected chi connectivity index (χ2v) is 5.00. The molecule has 0 saturated heterocycles. The summed E-state index contributed by atoms with van der Waals surface area (Å²) in [4.78, 5) is 4.42. The van der Waals surface area contributed by atoms with E-state index in [0.717, 1.165) is 38.2 Å². The van der Waals surface area contributed by atoms with Gasteiger partial charge >= 0.3 is 0 Å². The van der Waals surface area contributed by atoms with Crippen molar-refractivity contribution in [1.29, 1.82) is 0 Å². The van der Waals surface area contributed by atoms with Crippen LogP contribution in [0.5, 0.6) is 0 Å². The molecule has 0 unspecified atom stereocenters. The van der Waals surface area contributed by atoms with E-state index in [2.05, 4.69) is 11.9 Å². The van der Waals surface area contributed by atoms with Crippen molar-refractivity contribution in [2.24, 2.45) is 0 Å². The number of unbranched alkanes of at least 4 members (excludes halogenated alkanes) is 2. The summed E-state index contributed by atoms with van der Waals surface area (Å²) in [6.07, 6.45) is 5.71. The van der Waals surface area contributed by atoms with Gasteiger partial charge in [0, 0.05) is 18.6 Å². The van der Waals surface area contributed by atoms with Crippen LogP contribution in [0.1, 0.15) is 43.3 Å². The molecule has 0 aliphatic carbocycles. The van der Waals surface area contributed by atoms with Gasteiger partial charge in [-0.05, 0) is 25.7 Å². The minimum atomic E-state index is 0.524. The Balaban J connectivity index is 1.98. The number of thiazole rings is 1. The molecular formula is C12H20ClNOS. The summed E-state index contributed by atoms with van der Waals surface area (Å²) in [7, 11) is 0.